The van der Waals surface area contributed by atoms with Crippen molar-refractivity contribution in [3.05, 3.63) is 54.1 Å². The average molecular weight is 419 g/mol. The Labute approximate surface area is 171 Å². The Hall–Kier alpha value is -2.74. The van der Waals surface area contributed by atoms with Gasteiger partial charge in [0.05, 0.1) is 25.1 Å². The van der Waals surface area contributed by atoms with Crippen LogP contribution < -0.4 is 19.1 Å². The van der Waals surface area contributed by atoms with Gasteiger partial charge in [-0.15, -0.1) is 0 Å². The fraction of sp³-hybridized carbons (Fsp3) is 0.381. The van der Waals surface area contributed by atoms with Crippen LogP contribution in [0.15, 0.2) is 48.5 Å². The maximum atomic E-state index is 13.0. The minimum Gasteiger partial charge on any atom is -0.497 e. The molecule has 0 saturated heterocycles. The maximum absolute atomic E-state index is 13.0. The number of sulfonamides is 1. The lowest BCUT2D eigenvalue weighted by Gasteiger charge is -2.22. The standard InChI is InChI=1S/C21H26N2O5S/c1-4-17(15-9-11-16(27-2)12-10-15)22-21(24)20-13-14-23(29(3,25)26)18-7-5-6-8-19(18)28-20/h5-12,17,20H,4,13-14H2,1-3H3,(H,22,24)/t17-,20-/m1/s1. The van der Waals surface area contributed by atoms with Gasteiger partial charge in [-0.25, -0.2) is 8.42 Å². The van der Waals surface area contributed by atoms with Crippen LogP contribution in [0.5, 0.6) is 11.5 Å². The van der Waals surface area contributed by atoms with E-state index in [0.29, 0.717) is 17.9 Å². The third kappa shape index (κ3) is 4.82. The number of carbonyl (C=O) groups excluding carboxylic acids is 1. The number of benzene rings is 2. The summed E-state index contributed by atoms with van der Waals surface area (Å²) in [6, 6.07) is 14.2. The SMILES string of the molecule is CC[C@@H](NC(=O)[C@H]1CCN(S(C)(=O)=O)c2ccccc2O1)c1ccc(OC)cc1. The van der Waals surface area contributed by atoms with Gasteiger partial charge in [0.15, 0.2) is 6.10 Å². The van der Waals surface area contributed by atoms with Crippen LogP contribution in [0.4, 0.5) is 5.69 Å². The molecular formula is C21H26N2O5S. The third-order valence-electron chi connectivity index (χ3n) is 4.93. The molecular weight excluding hydrogens is 392 g/mol. The number of nitrogens with one attached hydrogen (secondary N) is 1. The van der Waals surface area contributed by atoms with E-state index in [1.54, 1.807) is 31.4 Å². The Morgan fingerprint density at radius 2 is 1.93 bits per heavy atom. The summed E-state index contributed by atoms with van der Waals surface area (Å²) < 4.78 is 36.8. The molecule has 0 saturated carbocycles. The van der Waals surface area contributed by atoms with E-state index in [4.69, 9.17) is 9.47 Å². The molecule has 0 unspecified atom stereocenters. The number of nitrogens with zero attached hydrogens (tertiary/aromatic N) is 1. The van der Waals surface area contributed by atoms with Gasteiger partial charge in [0.2, 0.25) is 10.0 Å². The largest absolute Gasteiger partial charge is 0.497 e. The molecule has 2 aromatic carbocycles. The molecule has 0 aromatic heterocycles. The van der Waals surface area contributed by atoms with Gasteiger partial charge in [0, 0.05) is 13.0 Å². The van der Waals surface area contributed by atoms with Crippen molar-refractivity contribution in [1.29, 1.82) is 0 Å². The van der Waals surface area contributed by atoms with Crippen LogP contribution in [0, 0.1) is 0 Å². The molecule has 0 spiro atoms. The zero-order chi connectivity index (χ0) is 21.0. The number of hydrogen-bond acceptors (Lipinski definition) is 5. The van der Waals surface area contributed by atoms with Crippen molar-refractivity contribution in [2.75, 3.05) is 24.2 Å². The molecule has 1 heterocycles. The zero-order valence-corrected chi connectivity index (χ0v) is 17.6. The number of fused-ring (bicyclic) bond motifs is 1. The number of para-hydroxylation sites is 2. The first kappa shape index (κ1) is 21.0. The molecule has 1 N–H and O–H groups in total. The molecule has 0 aliphatic carbocycles. The Morgan fingerprint density at radius 3 is 2.55 bits per heavy atom. The summed E-state index contributed by atoms with van der Waals surface area (Å²) in [5, 5.41) is 3.03. The van der Waals surface area contributed by atoms with E-state index in [0.717, 1.165) is 17.6 Å². The first-order chi connectivity index (χ1) is 13.8. The molecule has 0 fully saturated rings. The van der Waals surface area contributed by atoms with E-state index in [2.05, 4.69) is 5.32 Å². The molecule has 2 aromatic rings. The van der Waals surface area contributed by atoms with E-state index < -0.39 is 16.1 Å². The summed E-state index contributed by atoms with van der Waals surface area (Å²) in [6.07, 6.45) is 1.33. The highest BCUT2D eigenvalue weighted by molar-refractivity contribution is 7.92. The highest BCUT2D eigenvalue weighted by Crippen LogP contribution is 2.34. The lowest BCUT2D eigenvalue weighted by atomic mass is 10.0. The van der Waals surface area contributed by atoms with Crippen molar-refractivity contribution in [3.8, 4) is 11.5 Å². The lowest BCUT2D eigenvalue weighted by molar-refractivity contribution is -0.128. The van der Waals surface area contributed by atoms with Crippen molar-refractivity contribution >= 4 is 21.6 Å². The van der Waals surface area contributed by atoms with Crippen molar-refractivity contribution in [1.82, 2.24) is 5.32 Å². The minimum atomic E-state index is -3.48. The number of amides is 1. The van der Waals surface area contributed by atoms with Gasteiger partial charge in [0.25, 0.3) is 5.91 Å². The average Bonchev–Trinajstić information content (AvgIpc) is 2.91. The minimum absolute atomic E-state index is 0.174. The zero-order valence-electron chi connectivity index (χ0n) is 16.8. The lowest BCUT2D eigenvalue weighted by Crippen LogP contribution is -2.41. The summed E-state index contributed by atoms with van der Waals surface area (Å²) in [5.41, 5.74) is 1.42. The number of anilines is 1. The Bertz CT molecular complexity index is 959. The fourth-order valence-corrected chi connectivity index (χ4v) is 4.33. The summed E-state index contributed by atoms with van der Waals surface area (Å²) >= 11 is 0. The quantitative estimate of drug-likeness (QED) is 0.780. The van der Waals surface area contributed by atoms with E-state index in [1.165, 1.54) is 4.31 Å². The van der Waals surface area contributed by atoms with Gasteiger partial charge in [-0.3, -0.25) is 9.10 Å². The number of carbonyl (C=O) groups is 1. The number of hydrogen-bond donors (Lipinski definition) is 1. The summed E-state index contributed by atoms with van der Waals surface area (Å²) in [4.78, 5) is 13.0. The van der Waals surface area contributed by atoms with Gasteiger partial charge in [-0.2, -0.15) is 0 Å². The highest BCUT2D eigenvalue weighted by atomic mass is 32.2. The molecule has 3 rings (SSSR count). The van der Waals surface area contributed by atoms with E-state index in [1.807, 2.05) is 31.2 Å². The topological polar surface area (TPSA) is 84.9 Å². The smallest absolute Gasteiger partial charge is 0.261 e. The summed E-state index contributed by atoms with van der Waals surface area (Å²) in [5.74, 6) is 0.866. The van der Waals surface area contributed by atoms with E-state index in [-0.39, 0.29) is 24.9 Å². The molecule has 8 heteroatoms. The maximum Gasteiger partial charge on any atom is 0.261 e. The van der Waals surface area contributed by atoms with Crippen LogP contribution in [-0.2, 0) is 14.8 Å². The fourth-order valence-electron chi connectivity index (χ4n) is 3.38. The van der Waals surface area contributed by atoms with Gasteiger partial charge in [-0.05, 0) is 36.2 Å². The molecule has 29 heavy (non-hydrogen) atoms. The second-order valence-electron chi connectivity index (χ2n) is 6.94. The number of ether oxygens (including phenoxy) is 2. The second kappa shape index (κ2) is 8.73. The number of rotatable bonds is 6. The normalized spacial score (nSPS) is 17.5. The summed E-state index contributed by atoms with van der Waals surface area (Å²) in [7, 11) is -1.87. The monoisotopic (exact) mass is 418 g/mol. The third-order valence-corrected chi connectivity index (χ3v) is 6.11. The molecule has 1 aliphatic rings. The highest BCUT2D eigenvalue weighted by Gasteiger charge is 2.31. The second-order valence-corrected chi connectivity index (χ2v) is 8.85. The predicted molar refractivity (Wildman–Crippen MR) is 112 cm³/mol. The first-order valence-electron chi connectivity index (χ1n) is 9.51. The first-order valence-corrected chi connectivity index (χ1v) is 11.4. The van der Waals surface area contributed by atoms with E-state index >= 15 is 0 Å². The molecule has 1 amide bonds. The van der Waals surface area contributed by atoms with Crippen molar-refractivity contribution in [2.24, 2.45) is 0 Å². The van der Waals surface area contributed by atoms with Crippen molar-refractivity contribution < 1.29 is 22.7 Å². The molecule has 1 aliphatic heterocycles. The molecule has 7 nitrogen and oxygen atoms in total. The van der Waals surface area contributed by atoms with Crippen LogP contribution in [-0.4, -0.2) is 40.3 Å². The molecule has 156 valence electrons. The summed E-state index contributed by atoms with van der Waals surface area (Å²) in [6.45, 7) is 2.16. The van der Waals surface area contributed by atoms with Crippen LogP contribution in [0.3, 0.4) is 0 Å². The molecule has 0 radical (unpaired) electrons. The van der Waals surface area contributed by atoms with Crippen LogP contribution in [0.25, 0.3) is 0 Å². The van der Waals surface area contributed by atoms with Crippen molar-refractivity contribution in [3.63, 3.8) is 0 Å². The Morgan fingerprint density at radius 1 is 1.24 bits per heavy atom. The Balaban J connectivity index is 1.78. The Kier molecular flexibility index (Phi) is 6.32. The van der Waals surface area contributed by atoms with Gasteiger partial charge < -0.3 is 14.8 Å². The van der Waals surface area contributed by atoms with E-state index in [9.17, 15) is 13.2 Å². The van der Waals surface area contributed by atoms with Crippen molar-refractivity contribution in [2.45, 2.75) is 31.9 Å². The molecule has 2 atom stereocenters. The van der Waals surface area contributed by atoms with Gasteiger partial charge in [0.1, 0.15) is 11.5 Å². The predicted octanol–water partition coefficient (Wildman–Crippen LogP) is 2.88. The van der Waals surface area contributed by atoms with Gasteiger partial charge >= 0.3 is 0 Å². The number of methoxy groups -OCH3 is 1. The van der Waals surface area contributed by atoms with Gasteiger partial charge in [-0.1, -0.05) is 31.2 Å². The van der Waals surface area contributed by atoms with Crippen LogP contribution in [0.1, 0.15) is 31.4 Å². The van der Waals surface area contributed by atoms with Crippen LogP contribution in [0.2, 0.25) is 0 Å². The van der Waals surface area contributed by atoms with Crippen LogP contribution >= 0.6 is 0 Å². The molecule has 0 bridgehead atoms.